The van der Waals surface area contributed by atoms with Crippen LogP contribution in [0.3, 0.4) is 0 Å². The number of aromatic nitrogens is 3. The summed E-state index contributed by atoms with van der Waals surface area (Å²) in [4.78, 5) is 10.5. The molecule has 1 saturated carbocycles. The van der Waals surface area contributed by atoms with Crippen LogP contribution in [-0.4, -0.2) is 31.6 Å². The number of hydrogen-bond acceptors (Lipinski definition) is 4. The summed E-state index contributed by atoms with van der Waals surface area (Å²) in [7, 11) is 0. The highest BCUT2D eigenvalue weighted by Crippen LogP contribution is 2.38. The summed E-state index contributed by atoms with van der Waals surface area (Å²) in [5, 5.41) is 17.5. The Hall–Kier alpha value is -1.04. The minimum absolute atomic E-state index is 0.0502. The van der Waals surface area contributed by atoms with E-state index < -0.39 is 5.97 Å². The Bertz CT molecular complexity index is 373. The molecule has 0 saturated heterocycles. The SMILES string of the molecule is CCc1nnc(SCC(=O)O)n1C1CC1. The van der Waals surface area contributed by atoms with Crippen molar-refractivity contribution < 1.29 is 9.90 Å². The number of nitrogens with zero attached hydrogens (tertiary/aromatic N) is 3. The van der Waals surface area contributed by atoms with Gasteiger partial charge in [-0.15, -0.1) is 10.2 Å². The molecular formula is C9H13N3O2S. The van der Waals surface area contributed by atoms with Gasteiger partial charge < -0.3 is 9.67 Å². The third-order valence-electron chi connectivity index (χ3n) is 2.29. The van der Waals surface area contributed by atoms with Gasteiger partial charge in [0.15, 0.2) is 5.16 Å². The van der Waals surface area contributed by atoms with Crippen LogP contribution in [0.5, 0.6) is 0 Å². The van der Waals surface area contributed by atoms with Crippen LogP contribution in [0.15, 0.2) is 5.16 Å². The fraction of sp³-hybridized carbons (Fsp3) is 0.667. The van der Waals surface area contributed by atoms with E-state index in [1.54, 1.807) is 0 Å². The van der Waals surface area contributed by atoms with Crippen molar-refractivity contribution in [2.45, 2.75) is 37.4 Å². The molecule has 5 nitrogen and oxygen atoms in total. The zero-order valence-corrected chi connectivity index (χ0v) is 9.33. The molecule has 1 N–H and O–H groups in total. The molecule has 0 amide bonds. The number of carboxylic acid groups (broad SMARTS) is 1. The molecule has 1 aromatic heterocycles. The van der Waals surface area contributed by atoms with Crippen molar-refractivity contribution in [3.63, 3.8) is 0 Å². The van der Waals surface area contributed by atoms with E-state index >= 15 is 0 Å². The lowest BCUT2D eigenvalue weighted by atomic mass is 10.4. The van der Waals surface area contributed by atoms with Crippen molar-refractivity contribution in [2.24, 2.45) is 0 Å². The van der Waals surface area contributed by atoms with E-state index in [1.165, 1.54) is 11.8 Å². The summed E-state index contributed by atoms with van der Waals surface area (Å²) in [5.41, 5.74) is 0. The number of aryl methyl sites for hydroxylation is 1. The van der Waals surface area contributed by atoms with Crippen LogP contribution >= 0.6 is 11.8 Å². The van der Waals surface area contributed by atoms with Crippen LogP contribution in [0.4, 0.5) is 0 Å². The zero-order valence-electron chi connectivity index (χ0n) is 8.51. The molecule has 2 rings (SSSR count). The molecule has 82 valence electrons. The highest BCUT2D eigenvalue weighted by Gasteiger charge is 2.29. The standard InChI is InChI=1S/C9H13N3O2S/c1-2-7-10-11-9(15-5-8(13)14)12(7)6-3-4-6/h6H,2-5H2,1H3,(H,13,14). The number of carbonyl (C=O) groups is 1. The van der Waals surface area contributed by atoms with Gasteiger partial charge in [0.2, 0.25) is 0 Å². The molecule has 0 aromatic carbocycles. The van der Waals surface area contributed by atoms with Gasteiger partial charge in [-0.1, -0.05) is 18.7 Å². The van der Waals surface area contributed by atoms with E-state index in [0.29, 0.717) is 6.04 Å². The summed E-state index contributed by atoms with van der Waals surface area (Å²) in [5.74, 6) is 0.197. The molecule has 1 aromatic rings. The Morgan fingerprint density at radius 3 is 2.87 bits per heavy atom. The fourth-order valence-electron chi connectivity index (χ4n) is 1.47. The first-order valence-corrected chi connectivity index (χ1v) is 5.99. The average Bonchev–Trinajstić information content (AvgIpc) is 2.96. The quantitative estimate of drug-likeness (QED) is 0.769. The van der Waals surface area contributed by atoms with Crippen molar-refractivity contribution in [1.82, 2.24) is 14.8 Å². The minimum atomic E-state index is -0.816. The van der Waals surface area contributed by atoms with Gasteiger partial charge in [-0.2, -0.15) is 0 Å². The monoisotopic (exact) mass is 227 g/mol. The summed E-state index contributed by atoms with van der Waals surface area (Å²) >= 11 is 1.25. The molecule has 1 fully saturated rings. The number of carboxylic acids is 1. The largest absolute Gasteiger partial charge is 0.481 e. The van der Waals surface area contributed by atoms with Crippen LogP contribution in [0, 0.1) is 0 Å². The highest BCUT2D eigenvalue weighted by molar-refractivity contribution is 7.99. The maximum absolute atomic E-state index is 10.5. The number of aliphatic carboxylic acids is 1. The molecule has 0 spiro atoms. The molecule has 0 radical (unpaired) electrons. The number of rotatable bonds is 5. The second-order valence-corrected chi connectivity index (χ2v) is 4.48. The first kappa shape index (κ1) is 10.5. The van der Waals surface area contributed by atoms with Crippen LogP contribution in [0.25, 0.3) is 0 Å². The van der Waals surface area contributed by atoms with Crippen molar-refractivity contribution in [2.75, 3.05) is 5.75 Å². The predicted octanol–water partition coefficient (Wildman–Crippen LogP) is 1.35. The van der Waals surface area contributed by atoms with Crippen LogP contribution in [-0.2, 0) is 11.2 Å². The van der Waals surface area contributed by atoms with E-state index in [1.807, 2.05) is 6.92 Å². The molecule has 0 bridgehead atoms. The van der Waals surface area contributed by atoms with Gasteiger partial charge in [0, 0.05) is 12.5 Å². The van der Waals surface area contributed by atoms with Gasteiger partial charge in [-0.25, -0.2) is 0 Å². The first-order chi connectivity index (χ1) is 7.22. The fourth-order valence-corrected chi connectivity index (χ4v) is 2.22. The predicted molar refractivity (Wildman–Crippen MR) is 56.0 cm³/mol. The lowest BCUT2D eigenvalue weighted by Gasteiger charge is -2.05. The highest BCUT2D eigenvalue weighted by atomic mass is 32.2. The Balaban J connectivity index is 2.15. The van der Waals surface area contributed by atoms with Gasteiger partial charge in [-0.3, -0.25) is 4.79 Å². The van der Waals surface area contributed by atoms with Crippen molar-refractivity contribution in [3.8, 4) is 0 Å². The molecular weight excluding hydrogens is 214 g/mol. The molecule has 6 heteroatoms. The normalized spacial score (nSPS) is 15.5. The molecule has 0 unspecified atom stereocenters. The number of thioether (sulfide) groups is 1. The summed E-state index contributed by atoms with van der Waals surface area (Å²) in [6.07, 6.45) is 3.16. The van der Waals surface area contributed by atoms with E-state index in [0.717, 1.165) is 30.2 Å². The van der Waals surface area contributed by atoms with Crippen molar-refractivity contribution in [3.05, 3.63) is 5.82 Å². The summed E-state index contributed by atoms with van der Waals surface area (Å²) < 4.78 is 2.09. The summed E-state index contributed by atoms with van der Waals surface area (Å²) in [6, 6.07) is 0.506. The third-order valence-corrected chi connectivity index (χ3v) is 3.22. The second kappa shape index (κ2) is 4.22. The van der Waals surface area contributed by atoms with Crippen LogP contribution < -0.4 is 0 Å². The van der Waals surface area contributed by atoms with Gasteiger partial charge in [0.1, 0.15) is 5.82 Å². The summed E-state index contributed by atoms with van der Waals surface area (Å²) in [6.45, 7) is 2.04. The average molecular weight is 227 g/mol. The Labute approximate surface area is 91.9 Å². The first-order valence-electron chi connectivity index (χ1n) is 5.00. The smallest absolute Gasteiger partial charge is 0.313 e. The van der Waals surface area contributed by atoms with Crippen LogP contribution in [0.1, 0.15) is 31.6 Å². The van der Waals surface area contributed by atoms with Gasteiger partial charge >= 0.3 is 5.97 Å². The minimum Gasteiger partial charge on any atom is -0.481 e. The third kappa shape index (κ3) is 2.31. The maximum Gasteiger partial charge on any atom is 0.313 e. The molecule has 1 aliphatic rings. The Kier molecular flexibility index (Phi) is 2.95. The van der Waals surface area contributed by atoms with Crippen molar-refractivity contribution >= 4 is 17.7 Å². The van der Waals surface area contributed by atoms with Gasteiger partial charge in [-0.05, 0) is 12.8 Å². The molecule has 0 atom stereocenters. The zero-order chi connectivity index (χ0) is 10.8. The Morgan fingerprint density at radius 1 is 1.60 bits per heavy atom. The maximum atomic E-state index is 10.5. The lowest BCUT2D eigenvalue weighted by molar-refractivity contribution is -0.133. The van der Waals surface area contributed by atoms with Gasteiger partial charge in [0.05, 0.1) is 5.75 Å². The molecule has 0 aliphatic heterocycles. The molecule has 1 aliphatic carbocycles. The Morgan fingerprint density at radius 2 is 2.33 bits per heavy atom. The van der Waals surface area contributed by atoms with Gasteiger partial charge in [0.25, 0.3) is 0 Å². The molecule has 15 heavy (non-hydrogen) atoms. The van der Waals surface area contributed by atoms with E-state index in [-0.39, 0.29) is 5.75 Å². The molecule has 1 heterocycles. The van der Waals surface area contributed by atoms with E-state index in [9.17, 15) is 4.79 Å². The topological polar surface area (TPSA) is 68.0 Å². The second-order valence-electron chi connectivity index (χ2n) is 3.54. The number of hydrogen-bond donors (Lipinski definition) is 1. The van der Waals surface area contributed by atoms with E-state index in [4.69, 9.17) is 5.11 Å². The lowest BCUT2D eigenvalue weighted by Crippen LogP contribution is -2.04. The van der Waals surface area contributed by atoms with Crippen molar-refractivity contribution in [1.29, 1.82) is 0 Å². The van der Waals surface area contributed by atoms with Crippen LogP contribution in [0.2, 0.25) is 0 Å². The van der Waals surface area contributed by atoms with E-state index in [2.05, 4.69) is 14.8 Å².